The highest BCUT2D eigenvalue weighted by atomic mass is 79.9. The number of benzene rings is 1. The van der Waals surface area contributed by atoms with Crippen LogP contribution >= 0.6 is 28.3 Å². The van der Waals surface area contributed by atoms with Crippen LogP contribution in [0.25, 0.3) is 0 Å². The van der Waals surface area contributed by atoms with Gasteiger partial charge in [-0.15, -0.1) is 12.4 Å². The Balaban J connectivity index is 0.00000242. The van der Waals surface area contributed by atoms with E-state index in [2.05, 4.69) is 21.2 Å². The van der Waals surface area contributed by atoms with Gasteiger partial charge in [0, 0.05) is 30.1 Å². The maximum Gasteiger partial charge on any atom is 0.417 e. The molecule has 1 N–H and O–H groups in total. The first kappa shape index (κ1) is 19.7. The monoisotopic (exact) mass is 422 g/mol. The van der Waals surface area contributed by atoms with E-state index in [1.807, 2.05) is 0 Å². The van der Waals surface area contributed by atoms with Crippen molar-refractivity contribution in [2.75, 3.05) is 19.6 Å². The first-order valence-electron chi connectivity index (χ1n) is 6.23. The number of hydrogen-bond donors (Lipinski definition) is 1. The molecule has 0 bridgehead atoms. The third-order valence-electron chi connectivity index (χ3n) is 3.27. The van der Waals surface area contributed by atoms with E-state index in [1.165, 1.54) is 6.07 Å². The number of alkyl halides is 3. The van der Waals surface area contributed by atoms with Crippen LogP contribution in [0.15, 0.2) is 27.6 Å². The highest BCUT2D eigenvalue weighted by Crippen LogP contribution is 2.37. The van der Waals surface area contributed by atoms with Crippen LogP contribution in [-0.2, 0) is 16.2 Å². The molecule has 0 aromatic heterocycles. The number of hydrogen-bond acceptors (Lipinski definition) is 3. The van der Waals surface area contributed by atoms with E-state index in [1.54, 1.807) is 6.92 Å². The van der Waals surface area contributed by atoms with Crippen molar-refractivity contribution in [2.45, 2.75) is 24.0 Å². The molecule has 1 atom stereocenters. The lowest BCUT2D eigenvalue weighted by atomic mass is 10.2. The molecule has 1 aromatic carbocycles. The number of nitrogens with zero attached hydrogens (tertiary/aromatic N) is 1. The number of sulfonamides is 1. The molecule has 0 aliphatic carbocycles. The molecule has 1 fully saturated rings. The molecule has 0 spiro atoms. The minimum absolute atomic E-state index is 0. The first-order chi connectivity index (χ1) is 9.64. The van der Waals surface area contributed by atoms with Gasteiger partial charge < -0.3 is 5.32 Å². The molecule has 4 nitrogen and oxygen atoms in total. The number of rotatable bonds is 2. The molecule has 1 heterocycles. The van der Waals surface area contributed by atoms with Crippen molar-refractivity contribution in [3.63, 3.8) is 0 Å². The molecule has 1 aliphatic rings. The molecule has 1 unspecified atom stereocenters. The normalized spacial score (nSPS) is 20.5. The molecule has 0 radical (unpaired) electrons. The van der Waals surface area contributed by atoms with Gasteiger partial charge in [0.2, 0.25) is 10.0 Å². The summed E-state index contributed by atoms with van der Waals surface area (Å²) in [4.78, 5) is -0.702. The summed E-state index contributed by atoms with van der Waals surface area (Å²) in [5, 5.41) is 3.01. The van der Waals surface area contributed by atoms with Crippen molar-refractivity contribution in [2.24, 2.45) is 0 Å². The van der Waals surface area contributed by atoms with Gasteiger partial charge in [0.15, 0.2) is 0 Å². The van der Waals surface area contributed by atoms with Crippen molar-refractivity contribution < 1.29 is 21.6 Å². The smallest absolute Gasteiger partial charge is 0.314 e. The zero-order chi connectivity index (χ0) is 15.8. The van der Waals surface area contributed by atoms with Crippen LogP contribution < -0.4 is 5.32 Å². The van der Waals surface area contributed by atoms with Gasteiger partial charge in [-0.25, -0.2) is 8.42 Å². The fourth-order valence-corrected chi connectivity index (χ4v) is 4.44. The quantitative estimate of drug-likeness (QED) is 0.796. The van der Waals surface area contributed by atoms with Crippen molar-refractivity contribution in [3.05, 3.63) is 28.2 Å². The van der Waals surface area contributed by atoms with E-state index in [0.29, 0.717) is 13.1 Å². The van der Waals surface area contributed by atoms with E-state index < -0.39 is 32.7 Å². The second-order valence-electron chi connectivity index (χ2n) is 4.81. The van der Waals surface area contributed by atoms with Crippen molar-refractivity contribution in [3.8, 4) is 0 Å². The van der Waals surface area contributed by atoms with Gasteiger partial charge in [-0.3, -0.25) is 0 Å². The molecule has 10 heteroatoms. The molecular weight excluding hydrogens is 409 g/mol. The lowest BCUT2D eigenvalue weighted by Gasteiger charge is -2.33. The third kappa shape index (κ3) is 3.94. The topological polar surface area (TPSA) is 49.4 Å². The van der Waals surface area contributed by atoms with Crippen LogP contribution in [0.3, 0.4) is 0 Å². The summed E-state index contributed by atoms with van der Waals surface area (Å²) < 4.78 is 65.7. The van der Waals surface area contributed by atoms with E-state index in [0.717, 1.165) is 16.4 Å². The minimum Gasteiger partial charge on any atom is -0.314 e. The number of piperazine rings is 1. The Labute approximate surface area is 141 Å². The summed E-state index contributed by atoms with van der Waals surface area (Å²) in [6.07, 6.45) is -4.73. The molecular formula is C12H15BrClF3N2O2S. The second kappa shape index (κ2) is 7.04. The van der Waals surface area contributed by atoms with Gasteiger partial charge in [0.1, 0.15) is 0 Å². The Morgan fingerprint density at radius 1 is 1.36 bits per heavy atom. The Kier molecular flexibility index (Phi) is 6.30. The third-order valence-corrected chi connectivity index (χ3v) is 5.84. The fraction of sp³-hybridized carbons (Fsp3) is 0.500. The van der Waals surface area contributed by atoms with Crippen LogP contribution in [0.2, 0.25) is 0 Å². The van der Waals surface area contributed by atoms with Crippen molar-refractivity contribution in [1.82, 2.24) is 9.62 Å². The Bertz CT molecular complexity index is 640. The molecule has 22 heavy (non-hydrogen) atoms. The zero-order valence-electron chi connectivity index (χ0n) is 11.5. The summed E-state index contributed by atoms with van der Waals surface area (Å²) in [6.45, 7) is 2.64. The van der Waals surface area contributed by atoms with Gasteiger partial charge >= 0.3 is 6.18 Å². The Morgan fingerprint density at radius 3 is 2.55 bits per heavy atom. The fourth-order valence-electron chi connectivity index (χ4n) is 2.25. The number of halogens is 5. The lowest BCUT2D eigenvalue weighted by Crippen LogP contribution is -2.52. The zero-order valence-corrected chi connectivity index (χ0v) is 14.7. The van der Waals surface area contributed by atoms with Crippen molar-refractivity contribution in [1.29, 1.82) is 0 Å². The lowest BCUT2D eigenvalue weighted by molar-refractivity contribution is -0.140. The minimum atomic E-state index is -4.73. The van der Waals surface area contributed by atoms with Gasteiger partial charge in [-0.05, 0) is 25.1 Å². The average Bonchev–Trinajstić information content (AvgIpc) is 2.37. The van der Waals surface area contributed by atoms with Crippen LogP contribution in [-0.4, -0.2) is 38.4 Å². The molecule has 1 saturated heterocycles. The van der Waals surface area contributed by atoms with E-state index >= 15 is 0 Å². The van der Waals surface area contributed by atoms with Crippen LogP contribution in [0.1, 0.15) is 12.5 Å². The van der Waals surface area contributed by atoms with E-state index in [9.17, 15) is 21.6 Å². The summed E-state index contributed by atoms with van der Waals surface area (Å²) in [7, 11) is -4.19. The number of nitrogens with one attached hydrogen (secondary N) is 1. The molecule has 0 amide bonds. The summed E-state index contributed by atoms with van der Waals surface area (Å²) in [6, 6.07) is 2.69. The Hall–Kier alpha value is -0.350. The highest BCUT2D eigenvalue weighted by molar-refractivity contribution is 9.10. The first-order valence-corrected chi connectivity index (χ1v) is 8.46. The van der Waals surface area contributed by atoms with E-state index in [4.69, 9.17) is 0 Å². The van der Waals surface area contributed by atoms with Gasteiger partial charge in [-0.2, -0.15) is 17.5 Å². The highest BCUT2D eigenvalue weighted by Gasteiger charge is 2.40. The van der Waals surface area contributed by atoms with E-state index in [-0.39, 0.29) is 23.4 Å². The summed E-state index contributed by atoms with van der Waals surface area (Å²) >= 11 is 2.94. The SMILES string of the molecule is CC1CNCCN1S(=O)(=O)c1ccc(Br)cc1C(F)(F)F.Cl. The molecule has 1 aliphatic heterocycles. The molecule has 0 saturated carbocycles. The average molecular weight is 424 g/mol. The van der Waals surface area contributed by atoms with Gasteiger partial charge in [-0.1, -0.05) is 15.9 Å². The predicted octanol–water partition coefficient (Wildman–Crippen LogP) is 2.87. The molecule has 1 aromatic rings. The molecule has 2 rings (SSSR count). The summed E-state index contributed by atoms with van der Waals surface area (Å²) in [5.74, 6) is 0. The largest absolute Gasteiger partial charge is 0.417 e. The second-order valence-corrected chi connectivity index (χ2v) is 7.58. The van der Waals surface area contributed by atoms with Gasteiger partial charge in [0.05, 0.1) is 10.5 Å². The van der Waals surface area contributed by atoms with Crippen LogP contribution in [0.5, 0.6) is 0 Å². The Morgan fingerprint density at radius 2 is 2.00 bits per heavy atom. The van der Waals surface area contributed by atoms with Crippen LogP contribution in [0, 0.1) is 0 Å². The molecule has 126 valence electrons. The predicted molar refractivity (Wildman–Crippen MR) is 82.6 cm³/mol. The van der Waals surface area contributed by atoms with Gasteiger partial charge in [0.25, 0.3) is 0 Å². The van der Waals surface area contributed by atoms with Crippen molar-refractivity contribution >= 4 is 38.4 Å². The van der Waals surface area contributed by atoms with Crippen LogP contribution in [0.4, 0.5) is 13.2 Å². The standard InChI is InChI=1S/C12H14BrF3N2O2S.ClH/c1-8-7-17-4-5-18(8)21(19,20)11-3-2-9(13)6-10(11)12(14,15)16;/h2-3,6,8,17H,4-5,7H2,1H3;1H. The summed E-state index contributed by atoms with van der Waals surface area (Å²) in [5.41, 5.74) is -1.15. The maximum absolute atomic E-state index is 13.1. The maximum atomic E-state index is 13.1.